The fourth-order valence-electron chi connectivity index (χ4n) is 20.8. The van der Waals surface area contributed by atoms with Crippen LogP contribution in [-0.2, 0) is 28.7 Å². The number of carbonyl (C=O) groups excluding carboxylic acids is 5. The lowest BCUT2D eigenvalue weighted by atomic mass is 9.73. The van der Waals surface area contributed by atoms with E-state index in [0.717, 1.165) is 161 Å². The summed E-state index contributed by atoms with van der Waals surface area (Å²) in [6, 6.07) is 35.4. The van der Waals surface area contributed by atoms with Crippen LogP contribution in [0.2, 0.25) is 0 Å². The van der Waals surface area contributed by atoms with Gasteiger partial charge in [-0.15, -0.1) is 0 Å². The Balaban J connectivity index is 0.000000123. The molecule has 10 saturated carbocycles. The molecule has 0 saturated heterocycles. The Hall–Kier alpha value is -14.1. The maximum Gasteiger partial charge on any atom is 0.230 e. The van der Waals surface area contributed by atoms with E-state index in [1.165, 1.54) is 77.6 Å². The Morgan fingerprint density at radius 3 is 0.951 bits per heavy atom. The van der Waals surface area contributed by atoms with Crippen LogP contribution < -0.4 is 31.9 Å². The van der Waals surface area contributed by atoms with Gasteiger partial charge in [0.25, 0.3) is 0 Å². The molecule has 0 spiro atoms. The van der Waals surface area contributed by atoms with Crippen molar-refractivity contribution in [2.45, 2.75) is 304 Å². The number of methoxy groups -OCH3 is 1. The van der Waals surface area contributed by atoms with Crippen molar-refractivity contribution in [3.05, 3.63) is 190 Å². The highest BCUT2D eigenvalue weighted by Crippen LogP contribution is 2.56. The van der Waals surface area contributed by atoms with Crippen molar-refractivity contribution in [1.82, 2.24) is 57.3 Å². The van der Waals surface area contributed by atoms with Crippen molar-refractivity contribution in [3.8, 4) is 0 Å². The maximum absolute atomic E-state index is 13.6. The van der Waals surface area contributed by atoms with E-state index in [4.69, 9.17) is 54.1 Å². The van der Waals surface area contributed by atoms with Crippen molar-refractivity contribution in [1.29, 1.82) is 0 Å². The lowest BCUT2D eigenvalue weighted by Gasteiger charge is -2.37. The standard InChI is InChI=1S/C20H22N4O.C19H22N4.C18H19FN4O.C18H22N4O2.2C18H22N4O.CH4/c1-21-14-7-8-17-18(11-14)24(15-3-2-4-15)20(22-17)23-19(25)16-10-12-5-6-13(16)9-12;1-12(15-11-19(15,2)3)21-18-22-16-9-8-13(20-4)10-17(16)23(18)14-6-5-7-14;1-18(19)9-11(10-18)16(24)22-17-21-14-7-6-12(20-2)8-15(14)23(17)13-4-3-5-13;1-18(2,24-4)11-16(23)21-17-20-14-9-8-12(19-3)10-15(14)22(17)13-6-5-7-13;1-18(2,3)11-16(23)21-17-20-14-9-8-12(19-4)10-15(14)22(17)13-6-5-7-13;1-11(2)12(3)17(23)21-18-20-15-9-8-13(19-4)10-16(15)22(18)14-6-5-7-14;/h7-8,11-13,15-16H,2-6,9-10H2,(H,22,23,25);8-10,14-15H,1,5-7,11H2,2-3H3,(H,21,22);6-8,11,13H,3-5,9-10H2,1H3,(H,21,22,24);8-10,13H,5-7,11H2,1-2,4H3,(H,20,21,23);8-10,13H,5-7,11H2,1-3H3,(H,20,21,23);8-12,14H,5-7H2,1-3H3,(H,20,21,23);1H4/t;15-;;;;12-;/m.1...0./s1. The molecule has 3 unspecified atom stereocenters. The van der Waals surface area contributed by atoms with Crippen molar-refractivity contribution >= 4 is 166 Å². The molecule has 31 heteroatoms. The van der Waals surface area contributed by atoms with Gasteiger partial charge in [0.05, 0.1) is 118 Å². The highest BCUT2D eigenvalue weighted by Gasteiger charge is 2.49. The number of benzene rings is 6. The third-order valence-corrected chi connectivity index (χ3v) is 30.9. The van der Waals surface area contributed by atoms with Gasteiger partial charge in [0.2, 0.25) is 65.2 Å². The summed E-state index contributed by atoms with van der Waals surface area (Å²) in [6.07, 6.45) is 27.6. The van der Waals surface area contributed by atoms with Gasteiger partial charge < -0.3 is 37.5 Å². The Morgan fingerprint density at radius 2 is 0.706 bits per heavy atom. The van der Waals surface area contributed by atoms with E-state index in [-0.39, 0.29) is 85.3 Å². The molecule has 30 nitrogen and oxygen atoms in total. The number of hydrogen-bond donors (Lipinski definition) is 6. The molecule has 22 rings (SSSR count). The number of nitrogens with one attached hydrogen (secondary N) is 6. The normalized spacial score (nSPS) is 20.5. The smallest absolute Gasteiger partial charge is 0.230 e. The van der Waals surface area contributed by atoms with Crippen molar-refractivity contribution in [2.24, 2.45) is 52.3 Å². The number of rotatable bonds is 22. The minimum absolute atomic E-state index is 0. The second-order valence-corrected chi connectivity index (χ2v) is 43.7. The average Bonchev–Trinajstić information content (AvgIpc) is 1.62. The third-order valence-electron chi connectivity index (χ3n) is 30.9. The molecule has 0 radical (unpaired) electrons. The summed E-state index contributed by atoms with van der Waals surface area (Å²) in [5, 5.41) is 18.4. The molecule has 2 bridgehead atoms. The van der Waals surface area contributed by atoms with E-state index >= 15 is 0 Å². The number of imidazole rings is 6. The number of aromatic nitrogens is 12. The van der Waals surface area contributed by atoms with Crippen LogP contribution >= 0.6 is 0 Å². The van der Waals surface area contributed by atoms with Crippen molar-refractivity contribution in [2.75, 3.05) is 39.0 Å². The number of halogens is 1. The number of alkyl halides is 1. The van der Waals surface area contributed by atoms with E-state index in [9.17, 15) is 28.4 Å². The minimum atomic E-state index is -1.22. The summed E-state index contributed by atoms with van der Waals surface area (Å²) in [4.78, 5) is 111. The second kappa shape index (κ2) is 42.2. The summed E-state index contributed by atoms with van der Waals surface area (Å²) in [6.45, 7) is 69.6. The van der Waals surface area contributed by atoms with Gasteiger partial charge in [0.1, 0.15) is 5.67 Å². The van der Waals surface area contributed by atoms with Crippen LogP contribution in [0.5, 0.6) is 0 Å². The first-order valence-corrected chi connectivity index (χ1v) is 50.6. The summed E-state index contributed by atoms with van der Waals surface area (Å²) in [5.74, 6) is 5.67. The van der Waals surface area contributed by atoms with Crippen molar-refractivity contribution in [3.63, 3.8) is 0 Å². The molecule has 6 N–H and O–H groups in total. The summed E-state index contributed by atoms with van der Waals surface area (Å²) < 4.78 is 31.8. The van der Waals surface area contributed by atoms with Crippen LogP contribution in [0, 0.1) is 91.7 Å². The first-order chi connectivity index (χ1) is 68.0. The molecule has 5 atom stereocenters. The molecule has 10 fully saturated rings. The average molecular weight is 1930 g/mol. The zero-order valence-corrected chi connectivity index (χ0v) is 83.6. The fraction of sp³-hybridized carbons (Fsp3) is 0.509. The number of anilines is 6. The molecule has 0 aliphatic heterocycles. The first kappa shape index (κ1) is 102. The quantitative estimate of drug-likeness (QED) is 0.0344. The van der Waals surface area contributed by atoms with E-state index in [0.29, 0.717) is 124 Å². The number of fused-ring (bicyclic) bond motifs is 8. The predicted molar refractivity (Wildman–Crippen MR) is 563 cm³/mol. The molecular formula is C112H133FN24O6. The van der Waals surface area contributed by atoms with Gasteiger partial charge in [-0.05, 0) is 276 Å². The van der Waals surface area contributed by atoms with Crippen molar-refractivity contribution < 1.29 is 33.1 Å². The van der Waals surface area contributed by atoms with Crippen LogP contribution in [0.25, 0.3) is 95.3 Å². The molecule has 5 amide bonds. The number of allylic oxidation sites excluding steroid dienone is 1. The van der Waals surface area contributed by atoms with E-state index < -0.39 is 11.3 Å². The van der Waals surface area contributed by atoms with E-state index in [1.807, 2.05) is 139 Å². The Labute approximate surface area is 836 Å². The van der Waals surface area contributed by atoms with Gasteiger partial charge in [-0.25, -0.2) is 63.4 Å². The molecule has 143 heavy (non-hydrogen) atoms. The molecule has 10 aliphatic rings. The second-order valence-electron chi connectivity index (χ2n) is 43.7. The van der Waals surface area contributed by atoms with Crippen LogP contribution in [0.15, 0.2) is 121 Å². The van der Waals surface area contributed by atoms with Crippen LogP contribution in [0.1, 0.15) is 293 Å². The molecule has 10 aliphatic carbocycles. The number of hydrogen-bond acceptors (Lipinski definition) is 13. The molecular weight excluding hydrogens is 1800 g/mol. The summed E-state index contributed by atoms with van der Waals surface area (Å²) in [7, 11) is 1.60. The highest BCUT2D eigenvalue weighted by atomic mass is 19.1. The molecule has 744 valence electrons. The Bertz CT molecular complexity index is 7010. The van der Waals surface area contributed by atoms with Gasteiger partial charge in [-0.1, -0.05) is 112 Å². The fourth-order valence-corrected chi connectivity index (χ4v) is 20.8. The summed E-state index contributed by atoms with van der Waals surface area (Å²) >= 11 is 0. The van der Waals surface area contributed by atoms with Crippen LogP contribution in [0.4, 0.5) is 74.2 Å². The molecule has 6 aromatic heterocycles. The van der Waals surface area contributed by atoms with E-state index in [2.05, 4.69) is 124 Å². The zero-order chi connectivity index (χ0) is 101. The van der Waals surface area contributed by atoms with Gasteiger partial charge in [0, 0.05) is 79.2 Å². The SMILES string of the molecule is C.[C-]#[N+]c1ccc2nc(NC(=C)[C@H]3CC3(C)C)n(C3CCC3)c2c1.[C-]#[N+]c1ccc2nc(NC(=O)C3CC(C)(F)C3)n(C3CCC3)c2c1.[C-]#[N+]c1ccc2nc(NC(=O)C3CC4CCC3C4)n(C3CCC3)c2c1.[C-]#[N+]c1ccc2nc(NC(=O)CC(C)(C)C)n(C3CCC3)c2c1.[C-]#[N+]c1ccc2nc(NC(=O)CC(C)(C)OC)n(C3CCC3)c2c1.[C-]#[N+]c1ccc2nc(NC(=O)[C@@H](C)C(C)C)n(C3CCC3)c2c1. The Morgan fingerprint density at radius 1 is 0.420 bits per heavy atom. The molecule has 12 aromatic rings. The number of ether oxygens (including phenoxy) is 1. The van der Waals surface area contributed by atoms with Gasteiger partial charge >= 0.3 is 0 Å². The summed E-state index contributed by atoms with van der Waals surface area (Å²) in [5.41, 5.74) is 14.0. The van der Waals surface area contributed by atoms with Crippen LogP contribution in [0.3, 0.4) is 0 Å². The number of nitrogens with zero attached hydrogens (tertiary/aromatic N) is 18. The molecule has 6 aromatic carbocycles. The third kappa shape index (κ3) is 22.4. The lowest BCUT2D eigenvalue weighted by molar-refractivity contribution is -0.128. The first-order valence-electron chi connectivity index (χ1n) is 50.6. The largest absolute Gasteiger partial charge is 0.378 e. The molecule has 6 heterocycles. The Kier molecular flexibility index (Phi) is 30.0. The zero-order valence-electron chi connectivity index (χ0n) is 83.6. The number of carbonyl (C=O) groups is 5. The maximum atomic E-state index is 13.6. The highest BCUT2D eigenvalue weighted by molar-refractivity contribution is 5.98. The number of amides is 5. The van der Waals surface area contributed by atoms with Gasteiger partial charge in [-0.3, -0.25) is 50.6 Å². The van der Waals surface area contributed by atoms with Gasteiger partial charge in [0.15, 0.2) is 34.1 Å². The minimum Gasteiger partial charge on any atom is -0.378 e. The monoisotopic (exact) mass is 1930 g/mol. The lowest BCUT2D eigenvalue weighted by Crippen LogP contribution is -2.43. The topological polar surface area (TPSA) is 300 Å². The predicted octanol–water partition coefficient (Wildman–Crippen LogP) is 28.3. The van der Waals surface area contributed by atoms with E-state index in [1.54, 1.807) is 37.4 Å². The van der Waals surface area contributed by atoms with Crippen LogP contribution in [-0.4, -0.2) is 105 Å². The van der Waals surface area contributed by atoms with Gasteiger partial charge in [-0.2, -0.15) is 0 Å².